The number of hydrogen-bond donors (Lipinski definition) is 0. The highest BCUT2D eigenvalue weighted by Gasteiger charge is 2.18. The van der Waals surface area contributed by atoms with E-state index in [9.17, 15) is 23.7 Å². The molecule has 0 aliphatic carbocycles. The summed E-state index contributed by atoms with van der Waals surface area (Å²) in [6.45, 7) is -0.437. The van der Waals surface area contributed by atoms with E-state index in [1.165, 1.54) is 31.2 Å². The SMILES string of the molecule is COc1ccc(CN(C)C(=O)COc2cc(F)ccc2[N+](=O)[O-])cc1F. The van der Waals surface area contributed by atoms with Gasteiger partial charge in [0.15, 0.2) is 18.2 Å². The number of amides is 1. The summed E-state index contributed by atoms with van der Waals surface area (Å²) in [5.74, 6) is -2.05. The fourth-order valence-electron chi connectivity index (χ4n) is 2.17. The maximum atomic E-state index is 13.7. The molecule has 2 aromatic rings. The number of nitro benzene ring substituents is 1. The molecule has 0 heterocycles. The van der Waals surface area contributed by atoms with E-state index in [0.717, 1.165) is 18.2 Å². The predicted octanol–water partition coefficient (Wildman–Crippen LogP) is 2.92. The molecule has 0 aliphatic heterocycles. The van der Waals surface area contributed by atoms with Crippen LogP contribution in [0.1, 0.15) is 5.56 Å². The fourth-order valence-corrected chi connectivity index (χ4v) is 2.17. The van der Waals surface area contributed by atoms with E-state index < -0.39 is 34.8 Å². The smallest absolute Gasteiger partial charge is 0.311 e. The lowest BCUT2D eigenvalue weighted by Crippen LogP contribution is -2.31. The Bertz CT molecular complexity index is 829. The van der Waals surface area contributed by atoms with Gasteiger partial charge in [0.2, 0.25) is 5.75 Å². The molecule has 0 N–H and O–H groups in total. The Kier molecular flexibility index (Phi) is 6.05. The van der Waals surface area contributed by atoms with Crippen LogP contribution in [0.4, 0.5) is 14.5 Å². The second-order valence-corrected chi connectivity index (χ2v) is 5.38. The maximum absolute atomic E-state index is 13.7. The van der Waals surface area contributed by atoms with Crippen LogP contribution in [-0.2, 0) is 11.3 Å². The number of carbonyl (C=O) groups is 1. The summed E-state index contributed by atoms with van der Waals surface area (Å²) < 4.78 is 36.8. The van der Waals surface area contributed by atoms with Crippen LogP contribution in [0.2, 0.25) is 0 Å². The van der Waals surface area contributed by atoms with Crippen molar-refractivity contribution in [3.63, 3.8) is 0 Å². The molecule has 0 fully saturated rings. The summed E-state index contributed by atoms with van der Waals surface area (Å²) in [6, 6.07) is 7.00. The normalized spacial score (nSPS) is 10.3. The largest absolute Gasteiger partial charge is 0.494 e. The minimum Gasteiger partial charge on any atom is -0.494 e. The van der Waals surface area contributed by atoms with Crippen LogP contribution in [0.25, 0.3) is 0 Å². The molecular weight excluding hydrogens is 350 g/mol. The summed E-state index contributed by atoms with van der Waals surface area (Å²) in [4.78, 5) is 23.5. The molecule has 0 aliphatic rings. The standard InChI is InChI=1S/C17H16F2N2O5/c1-20(9-11-3-6-15(25-2)13(19)7-11)17(22)10-26-16-8-12(18)4-5-14(16)21(23)24/h3-8H,9-10H2,1-2H3. The monoisotopic (exact) mass is 366 g/mol. The van der Waals surface area contributed by atoms with Crippen LogP contribution in [0.3, 0.4) is 0 Å². The third kappa shape index (κ3) is 4.65. The van der Waals surface area contributed by atoms with E-state index in [-0.39, 0.29) is 18.0 Å². The van der Waals surface area contributed by atoms with Crippen molar-refractivity contribution in [3.8, 4) is 11.5 Å². The number of likely N-dealkylation sites (N-methyl/N-ethyl adjacent to an activating group) is 1. The number of benzene rings is 2. The van der Waals surface area contributed by atoms with Crippen molar-refractivity contribution in [1.82, 2.24) is 4.90 Å². The van der Waals surface area contributed by atoms with Gasteiger partial charge in [0, 0.05) is 25.7 Å². The molecule has 0 bridgehead atoms. The Morgan fingerprint density at radius 2 is 1.92 bits per heavy atom. The van der Waals surface area contributed by atoms with E-state index >= 15 is 0 Å². The van der Waals surface area contributed by atoms with Gasteiger partial charge in [0.1, 0.15) is 5.82 Å². The molecule has 26 heavy (non-hydrogen) atoms. The van der Waals surface area contributed by atoms with Gasteiger partial charge in [-0.15, -0.1) is 0 Å². The Balaban J connectivity index is 2.01. The maximum Gasteiger partial charge on any atom is 0.311 e. The number of nitrogens with zero attached hydrogens (tertiary/aromatic N) is 2. The first-order valence-corrected chi connectivity index (χ1v) is 7.45. The van der Waals surface area contributed by atoms with Gasteiger partial charge in [-0.3, -0.25) is 14.9 Å². The molecule has 1 amide bonds. The van der Waals surface area contributed by atoms with Crippen LogP contribution in [0, 0.1) is 21.7 Å². The molecule has 0 atom stereocenters. The molecule has 0 saturated heterocycles. The minimum absolute atomic E-state index is 0.0875. The molecule has 0 unspecified atom stereocenters. The average Bonchev–Trinajstić information content (AvgIpc) is 2.59. The van der Waals surface area contributed by atoms with Gasteiger partial charge in [-0.1, -0.05) is 6.07 Å². The van der Waals surface area contributed by atoms with Crippen LogP contribution in [0.5, 0.6) is 11.5 Å². The van der Waals surface area contributed by atoms with Gasteiger partial charge in [-0.25, -0.2) is 8.78 Å². The molecule has 2 rings (SSSR count). The zero-order valence-corrected chi connectivity index (χ0v) is 14.1. The number of methoxy groups -OCH3 is 1. The average molecular weight is 366 g/mol. The topological polar surface area (TPSA) is 81.9 Å². The van der Waals surface area contributed by atoms with Crippen molar-refractivity contribution < 1.29 is 28.0 Å². The molecule has 0 spiro atoms. The second-order valence-electron chi connectivity index (χ2n) is 5.38. The Labute approximate surface area is 147 Å². The minimum atomic E-state index is -0.733. The molecule has 0 radical (unpaired) electrons. The van der Waals surface area contributed by atoms with Crippen molar-refractivity contribution >= 4 is 11.6 Å². The number of rotatable bonds is 7. The van der Waals surface area contributed by atoms with Crippen molar-refractivity contribution in [2.24, 2.45) is 0 Å². The van der Waals surface area contributed by atoms with Crippen molar-refractivity contribution in [3.05, 3.63) is 63.7 Å². The van der Waals surface area contributed by atoms with E-state index in [1.54, 1.807) is 6.07 Å². The van der Waals surface area contributed by atoms with Crippen molar-refractivity contribution in [2.75, 3.05) is 20.8 Å². The number of nitro groups is 1. The molecular formula is C17H16F2N2O5. The highest BCUT2D eigenvalue weighted by atomic mass is 19.1. The quantitative estimate of drug-likeness (QED) is 0.556. The van der Waals surface area contributed by atoms with Crippen LogP contribution in [-0.4, -0.2) is 36.5 Å². The lowest BCUT2D eigenvalue weighted by Gasteiger charge is -2.18. The third-order valence-corrected chi connectivity index (χ3v) is 3.53. The Morgan fingerprint density at radius 1 is 1.19 bits per heavy atom. The summed E-state index contributed by atoms with van der Waals surface area (Å²) in [7, 11) is 2.81. The zero-order valence-electron chi connectivity index (χ0n) is 14.1. The summed E-state index contributed by atoms with van der Waals surface area (Å²) in [6.07, 6.45) is 0. The lowest BCUT2D eigenvalue weighted by molar-refractivity contribution is -0.385. The van der Waals surface area contributed by atoms with Crippen LogP contribution >= 0.6 is 0 Å². The molecule has 9 heteroatoms. The van der Waals surface area contributed by atoms with Gasteiger partial charge in [0.05, 0.1) is 12.0 Å². The number of hydrogen-bond acceptors (Lipinski definition) is 5. The van der Waals surface area contributed by atoms with E-state index in [4.69, 9.17) is 9.47 Å². The van der Waals surface area contributed by atoms with E-state index in [1.807, 2.05) is 0 Å². The third-order valence-electron chi connectivity index (χ3n) is 3.53. The van der Waals surface area contributed by atoms with Gasteiger partial charge in [0.25, 0.3) is 5.91 Å². The van der Waals surface area contributed by atoms with Crippen LogP contribution in [0.15, 0.2) is 36.4 Å². The second kappa shape index (κ2) is 8.24. The Hall–Kier alpha value is -3.23. The van der Waals surface area contributed by atoms with Gasteiger partial charge >= 0.3 is 5.69 Å². The first-order chi connectivity index (χ1) is 12.3. The van der Waals surface area contributed by atoms with Gasteiger partial charge in [-0.05, 0) is 23.8 Å². The number of halogens is 2. The molecule has 7 nitrogen and oxygen atoms in total. The zero-order chi connectivity index (χ0) is 19.3. The summed E-state index contributed by atoms with van der Waals surface area (Å²) in [5.41, 5.74) is 0.0787. The first kappa shape index (κ1) is 19.1. The Morgan fingerprint density at radius 3 is 2.54 bits per heavy atom. The summed E-state index contributed by atoms with van der Waals surface area (Å²) >= 11 is 0. The van der Waals surface area contributed by atoms with Crippen molar-refractivity contribution in [2.45, 2.75) is 6.54 Å². The highest BCUT2D eigenvalue weighted by Crippen LogP contribution is 2.27. The predicted molar refractivity (Wildman–Crippen MR) is 88.0 cm³/mol. The number of ether oxygens (including phenoxy) is 2. The highest BCUT2D eigenvalue weighted by molar-refractivity contribution is 5.77. The van der Waals surface area contributed by atoms with E-state index in [2.05, 4.69) is 0 Å². The van der Waals surface area contributed by atoms with Crippen LogP contribution < -0.4 is 9.47 Å². The van der Waals surface area contributed by atoms with Gasteiger partial charge < -0.3 is 14.4 Å². The fraction of sp³-hybridized carbons (Fsp3) is 0.235. The molecule has 0 aromatic heterocycles. The first-order valence-electron chi connectivity index (χ1n) is 7.45. The van der Waals surface area contributed by atoms with Gasteiger partial charge in [-0.2, -0.15) is 0 Å². The molecule has 138 valence electrons. The van der Waals surface area contributed by atoms with Crippen molar-refractivity contribution in [1.29, 1.82) is 0 Å². The molecule has 0 saturated carbocycles. The van der Waals surface area contributed by atoms with E-state index in [0.29, 0.717) is 5.56 Å². The lowest BCUT2D eigenvalue weighted by atomic mass is 10.2. The summed E-state index contributed by atoms with van der Waals surface area (Å²) in [5, 5.41) is 10.9. The molecule has 2 aromatic carbocycles. The number of carbonyl (C=O) groups excluding carboxylic acids is 1.